The van der Waals surface area contributed by atoms with Crippen LogP contribution < -0.4 is 10.1 Å². The number of nitrogens with zero attached hydrogens (tertiary/aromatic N) is 1. The normalized spacial score (nSPS) is 16.6. The van der Waals surface area contributed by atoms with Crippen molar-refractivity contribution in [1.29, 1.82) is 0 Å². The van der Waals surface area contributed by atoms with Crippen molar-refractivity contribution in [1.82, 2.24) is 10.2 Å². The van der Waals surface area contributed by atoms with Crippen LogP contribution in [0.4, 0.5) is 0 Å². The Morgan fingerprint density at radius 2 is 1.96 bits per heavy atom. The van der Waals surface area contributed by atoms with Gasteiger partial charge in [-0.1, -0.05) is 6.07 Å². The van der Waals surface area contributed by atoms with Gasteiger partial charge in [-0.05, 0) is 56.9 Å². The molecule has 1 atom stereocenters. The standard InChI is InChI=1S/C18H25ClN2O3/c1-12-4-5-16(10-13(12)2)24-11-17(22)20-15-6-8-21(9-7-15)18(23)14(3)19/h4-5,10,14-15H,6-9,11H2,1-3H3,(H,20,22). The van der Waals surface area contributed by atoms with Gasteiger partial charge in [0.2, 0.25) is 5.91 Å². The number of benzene rings is 1. The van der Waals surface area contributed by atoms with Crippen molar-refractivity contribution in [2.24, 2.45) is 0 Å². The predicted octanol–water partition coefficient (Wildman–Crippen LogP) is 2.42. The van der Waals surface area contributed by atoms with Crippen LogP contribution in [0.2, 0.25) is 0 Å². The molecule has 0 saturated carbocycles. The van der Waals surface area contributed by atoms with Crippen molar-refractivity contribution >= 4 is 23.4 Å². The molecular formula is C18H25ClN2O3. The first-order valence-electron chi connectivity index (χ1n) is 8.29. The smallest absolute Gasteiger partial charge is 0.258 e. The highest BCUT2D eigenvalue weighted by atomic mass is 35.5. The maximum Gasteiger partial charge on any atom is 0.258 e. The Bertz CT molecular complexity index is 596. The number of halogens is 1. The number of likely N-dealkylation sites (tertiary alicyclic amines) is 1. The van der Waals surface area contributed by atoms with Crippen LogP contribution in [0, 0.1) is 13.8 Å². The Balaban J connectivity index is 1.73. The predicted molar refractivity (Wildman–Crippen MR) is 94.5 cm³/mol. The minimum absolute atomic E-state index is 0.000357. The summed E-state index contributed by atoms with van der Waals surface area (Å²) >= 11 is 5.83. The summed E-state index contributed by atoms with van der Waals surface area (Å²) in [5, 5.41) is 2.47. The lowest BCUT2D eigenvalue weighted by Crippen LogP contribution is -2.48. The monoisotopic (exact) mass is 352 g/mol. The first-order chi connectivity index (χ1) is 11.4. The molecule has 0 radical (unpaired) electrons. The fourth-order valence-corrected chi connectivity index (χ4v) is 2.86. The van der Waals surface area contributed by atoms with Crippen LogP contribution >= 0.6 is 11.6 Å². The lowest BCUT2D eigenvalue weighted by Gasteiger charge is -2.33. The van der Waals surface area contributed by atoms with Gasteiger partial charge in [0.05, 0.1) is 0 Å². The Morgan fingerprint density at radius 3 is 2.54 bits per heavy atom. The second-order valence-electron chi connectivity index (χ2n) is 6.32. The number of ether oxygens (including phenoxy) is 1. The molecule has 0 bridgehead atoms. The van der Waals surface area contributed by atoms with Crippen molar-refractivity contribution < 1.29 is 14.3 Å². The van der Waals surface area contributed by atoms with E-state index in [1.807, 2.05) is 32.0 Å². The molecule has 132 valence electrons. The lowest BCUT2D eigenvalue weighted by atomic mass is 10.0. The quantitative estimate of drug-likeness (QED) is 0.828. The van der Waals surface area contributed by atoms with Crippen LogP contribution in [0.5, 0.6) is 5.75 Å². The Hall–Kier alpha value is -1.75. The third-order valence-electron chi connectivity index (χ3n) is 4.36. The Morgan fingerprint density at radius 1 is 1.29 bits per heavy atom. The molecule has 1 saturated heterocycles. The second-order valence-corrected chi connectivity index (χ2v) is 6.97. The number of carbonyl (C=O) groups is 2. The van der Waals surface area contributed by atoms with Crippen LogP contribution in [-0.4, -0.2) is 47.8 Å². The van der Waals surface area contributed by atoms with Gasteiger partial charge in [0, 0.05) is 19.1 Å². The van der Waals surface area contributed by atoms with Crippen LogP contribution in [0.25, 0.3) is 0 Å². The van der Waals surface area contributed by atoms with Crippen molar-refractivity contribution in [3.63, 3.8) is 0 Å². The van der Waals surface area contributed by atoms with Gasteiger partial charge in [0.1, 0.15) is 11.1 Å². The molecule has 2 rings (SSSR count). The molecule has 0 aromatic heterocycles. The molecule has 1 heterocycles. The maximum atomic E-state index is 12.0. The van der Waals surface area contributed by atoms with Crippen LogP contribution in [0.1, 0.15) is 30.9 Å². The van der Waals surface area contributed by atoms with Gasteiger partial charge >= 0.3 is 0 Å². The van der Waals surface area contributed by atoms with Gasteiger partial charge in [-0.3, -0.25) is 9.59 Å². The highest BCUT2D eigenvalue weighted by Crippen LogP contribution is 2.16. The average molecular weight is 353 g/mol. The fourth-order valence-electron chi connectivity index (χ4n) is 2.72. The molecule has 24 heavy (non-hydrogen) atoms. The fraction of sp³-hybridized carbons (Fsp3) is 0.556. The van der Waals surface area contributed by atoms with Gasteiger partial charge in [-0.15, -0.1) is 11.6 Å². The first-order valence-corrected chi connectivity index (χ1v) is 8.72. The van der Waals surface area contributed by atoms with E-state index in [-0.39, 0.29) is 24.5 Å². The number of nitrogens with one attached hydrogen (secondary N) is 1. The van der Waals surface area contributed by atoms with Crippen LogP contribution in [-0.2, 0) is 9.59 Å². The third-order valence-corrected chi connectivity index (χ3v) is 4.55. The van der Waals surface area contributed by atoms with Crippen molar-refractivity contribution in [3.05, 3.63) is 29.3 Å². The van der Waals surface area contributed by atoms with E-state index in [0.717, 1.165) is 18.4 Å². The second kappa shape index (κ2) is 8.38. The summed E-state index contributed by atoms with van der Waals surface area (Å²) in [4.78, 5) is 25.6. The van der Waals surface area contributed by atoms with E-state index >= 15 is 0 Å². The van der Waals surface area contributed by atoms with Gasteiger partial charge in [0.15, 0.2) is 6.61 Å². The topological polar surface area (TPSA) is 58.6 Å². The number of hydrogen-bond donors (Lipinski definition) is 1. The SMILES string of the molecule is Cc1ccc(OCC(=O)NC2CCN(C(=O)C(C)Cl)CC2)cc1C. The average Bonchev–Trinajstić information content (AvgIpc) is 2.56. The summed E-state index contributed by atoms with van der Waals surface area (Å²) in [6, 6.07) is 5.86. The summed E-state index contributed by atoms with van der Waals surface area (Å²) in [5.41, 5.74) is 2.33. The molecule has 0 spiro atoms. The van der Waals surface area contributed by atoms with Crippen LogP contribution in [0.3, 0.4) is 0 Å². The van der Waals surface area contributed by atoms with Gasteiger partial charge in [-0.25, -0.2) is 0 Å². The summed E-state index contributed by atoms with van der Waals surface area (Å²) in [6.07, 6.45) is 1.48. The first kappa shape index (κ1) is 18.6. The van der Waals surface area contributed by atoms with E-state index in [0.29, 0.717) is 18.8 Å². The van der Waals surface area contributed by atoms with E-state index in [9.17, 15) is 9.59 Å². The number of aryl methyl sites for hydroxylation is 2. The highest BCUT2D eigenvalue weighted by molar-refractivity contribution is 6.30. The Labute approximate surface area is 148 Å². The minimum Gasteiger partial charge on any atom is -0.484 e. The number of hydrogen-bond acceptors (Lipinski definition) is 3. The number of alkyl halides is 1. The number of piperidine rings is 1. The zero-order valence-electron chi connectivity index (χ0n) is 14.5. The molecule has 1 aromatic rings. The van der Waals surface area contributed by atoms with E-state index in [2.05, 4.69) is 5.32 Å². The summed E-state index contributed by atoms with van der Waals surface area (Å²) in [7, 11) is 0. The molecule has 1 N–H and O–H groups in total. The molecule has 1 unspecified atom stereocenters. The summed E-state index contributed by atoms with van der Waals surface area (Å²) in [5.74, 6) is 0.521. The highest BCUT2D eigenvalue weighted by Gasteiger charge is 2.25. The lowest BCUT2D eigenvalue weighted by molar-refractivity contribution is -0.131. The Kier molecular flexibility index (Phi) is 6.49. The van der Waals surface area contributed by atoms with E-state index < -0.39 is 5.38 Å². The number of rotatable bonds is 5. The number of amides is 2. The van der Waals surface area contributed by atoms with Gasteiger partial charge < -0.3 is 15.0 Å². The zero-order valence-corrected chi connectivity index (χ0v) is 15.2. The molecule has 1 fully saturated rings. The van der Waals surface area contributed by atoms with E-state index in [1.165, 1.54) is 5.56 Å². The van der Waals surface area contributed by atoms with Crippen molar-refractivity contribution in [2.75, 3.05) is 19.7 Å². The third kappa shape index (κ3) is 5.13. The zero-order chi connectivity index (χ0) is 17.7. The molecule has 1 aromatic carbocycles. The van der Waals surface area contributed by atoms with Crippen molar-refractivity contribution in [2.45, 2.75) is 45.0 Å². The molecule has 6 heteroatoms. The minimum atomic E-state index is -0.498. The largest absolute Gasteiger partial charge is 0.484 e. The summed E-state index contributed by atoms with van der Waals surface area (Å²) < 4.78 is 5.54. The summed E-state index contributed by atoms with van der Waals surface area (Å²) in [6.45, 7) is 6.98. The van der Waals surface area contributed by atoms with Gasteiger partial charge in [-0.2, -0.15) is 0 Å². The molecular weight excluding hydrogens is 328 g/mol. The van der Waals surface area contributed by atoms with E-state index in [4.69, 9.17) is 16.3 Å². The van der Waals surface area contributed by atoms with E-state index in [1.54, 1.807) is 11.8 Å². The maximum absolute atomic E-state index is 12.0. The molecule has 1 aliphatic rings. The molecule has 2 amide bonds. The number of carbonyl (C=O) groups excluding carboxylic acids is 2. The molecule has 0 aliphatic carbocycles. The van der Waals surface area contributed by atoms with Crippen LogP contribution in [0.15, 0.2) is 18.2 Å². The molecule has 5 nitrogen and oxygen atoms in total. The molecule has 1 aliphatic heterocycles. The van der Waals surface area contributed by atoms with Crippen molar-refractivity contribution in [3.8, 4) is 5.75 Å². The van der Waals surface area contributed by atoms with Gasteiger partial charge in [0.25, 0.3) is 5.91 Å².